The van der Waals surface area contributed by atoms with E-state index in [0.717, 1.165) is 44.9 Å². The van der Waals surface area contributed by atoms with Crippen molar-refractivity contribution < 1.29 is 8.83 Å². The predicted octanol–water partition coefficient (Wildman–Crippen LogP) is 6.82. The lowest BCUT2D eigenvalue weighted by Crippen LogP contribution is -2.05. The highest BCUT2D eigenvalue weighted by Crippen LogP contribution is 2.36. The van der Waals surface area contributed by atoms with Gasteiger partial charge in [0.1, 0.15) is 11.2 Å². The Morgan fingerprint density at radius 2 is 1.43 bits per heavy atom. The van der Waals surface area contributed by atoms with Crippen molar-refractivity contribution in [3.8, 4) is 22.3 Å². The van der Waals surface area contributed by atoms with Gasteiger partial charge in [0.15, 0.2) is 0 Å². The molecule has 0 atom stereocenters. The van der Waals surface area contributed by atoms with E-state index in [4.69, 9.17) is 8.83 Å². The van der Waals surface area contributed by atoms with Crippen LogP contribution < -0.4 is 16.6 Å². The molecule has 2 heterocycles. The second-order valence-electron chi connectivity index (χ2n) is 8.42. The molecule has 0 unspecified atom stereocenters. The summed E-state index contributed by atoms with van der Waals surface area (Å²) in [6, 6.07) is 28.6. The van der Waals surface area contributed by atoms with Gasteiger partial charge in [0.05, 0.1) is 5.56 Å². The van der Waals surface area contributed by atoms with Crippen LogP contribution in [0.1, 0.15) is 6.92 Å². The predicted molar refractivity (Wildman–Crippen MR) is 141 cm³/mol. The van der Waals surface area contributed by atoms with E-state index < -0.39 is 11.3 Å². The largest absolute Gasteiger partial charge is 0.422 e. The maximum absolute atomic E-state index is 13.1. The molecule has 6 rings (SSSR count). The minimum absolute atomic E-state index is 0.345. The molecular formula is C30H21NO4. The Kier molecular flexibility index (Phi) is 4.96. The van der Waals surface area contributed by atoms with E-state index in [-0.39, 0.29) is 0 Å². The van der Waals surface area contributed by atoms with Crippen molar-refractivity contribution >= 4 is 38.4 Å². The number of rotatable bonds is 4. The topological polar surface area (TPSA) is 72.5 Å². The third kappa shape index (κ3) is 3.58. The van der Waals surface area contributed by atoms with Crippen molar-refractivity contribution in [1.29, 1.82) is 0 Å². The van der Waals surface area contributed by atoms with E-state index in [1.807, 2.05) is 79.7 Å². The second kappa shape index (κ2) is 8.29. The molecule has 6 aromatic rings. The summed E-state index contributed by atoms with van der Waals surface area (Å²) in [5.74, 6) is 0. The molecule has 0 spiro atoms. The average Bonchev–Trinajstić information content (AvgIpc) is 2.87. The van der Waals surface area contributed by atoms with Crippen molar-refractivity contribution in [2.24, 2.45) is 0 Å². The van der Waals surface area contributed by atoms with Gasteiger partial charge in [-0.2, -0.15) is 0 Å². The van der Waals surface area contributed by atoms with Crippen LogP contribution in [0.25, 0.3) is 55.0 Å². The molecule has 2 aromatic heterocycles. The molecule has 0 aliphatic heterocycles. The SMILES string of the molecule is CCNc1ccc2cc(-c3cccc4c(-c5cccc6ccccc56)cc(=O)oc34)c(=O)oc2c1. The van der Waals surface area contributed by atoms with Crippen LogP contribution in [0.5, 0.6) is 0 Å². The van der Waals surface area contributed by atoms with E-state index in [0.29, 0.717) is 22.3 Å². The molecule has 0 radical (unpaired) electrons. The van der Waals surface area contributed by atoms with Gasteiger partial charge >= 0.3 is 11.3 Å². The van der Waals surface area contributed by atoms with Gasteiger partial charge in [0.2, 0.25) is 0 Å². The first-order chi connectivity index (χ1) is 17.1. The van der Waals surface area contributed by atoms with Crippen LogP contribution in [-0.4, -0.2) is 6.54 Å². The molecule has 0 saturated heterocycles. The summed E-state index contributed by atoms with van der Waals surface area (Å²) < 4.78 is 11.4. The summed E-state index contributed by atoms with van der Waals surface area (Å²) in [5, 5.41) is 6.87. The maximum atomic E-state index is 13.1. The van der Waals surface area contributed by atoms with Crippen molar-refractivity contribution in [3.05, 3.63) is 112 Å². The van der Waals surface area contributed by atoms with Gasteiger partial charge in [-0.1, -0.05) is 60.7 Å². The minimum atomic E-state index is -0.489. The van der Waals surface area contributed by atoms with Crippen LogP contribution in [0, 0.1) is 0 Å². The lowest BCUT2D eigenvalue weighted by molar-refractivity contribution is 0.556. The molecule has 0 fully saturated rings. The smallest absolute Gasteiger partial charge is 0.344 e. The zero-order chi connectivity index (χ0) is 23.9. The van der Waals surface area contributed by atoms with Gasteiger partial charge in [-0.25, -0.2) is 9.59 Å². The quantitative estimate of drug-likeness (QED) is 0.293. The summed E-state index contributed by atoms with van der Waals surface area (Å²) >= 11 is 0. The molecule has 35 heavy (non-hydrogen) atoms. The fourth-order valence-electron chi connectivity index (χ4n) is 4.69. The molecule has 170 valence electrons. The van der Waals surface area contributed by atoms with Crippen molar-refractivity contribution in [1.82, 2.24) is 0 Å². The lowest BCUT2D eigenvalue weighted by Gasteiger charge is -2.12. The van der Waals surface area contributed by atoms with Gasteiger partial charge < -0.3 is 14.2 Å². The van der Waals surface area contributed by atoms with Gasteiger partial charge in [0.25, 0.3) is 0 Å². The number of hydrogen-bond acceptors (Lipinski definition) is 5. The molecular weight excluding hydrogens is 438 g/mol. The summed E-state index contributed by atoms with van der Waals surface area (Å²) in [4.78, 5) is 25.8. The summed E-state index contributed by atoms with van der Waals surface area (Å²) in [5.41, 5.74) is 3.33. The Labute approximate surface area is 200 Å². The Balaban J connectivity index is 1.61. The van der Waals surface area contributed by atoms with Crippen LogP contribution in [0.3, 0.4) is 0 Å². The highest BCUT2D eigenvalue weighted by Gasteiger charge is 2.17. The Hall–Kier alpha value is -4.64. The fraction of sp³-hybridized carbons (Fsp3) is 0.0667. The van der Waals surface area contributed by atoms with Gasteiger partial charge in [-0.3, -0.25) is 0 Å². The Morgan fingerprint density at radius 1 is 0.657 bits per heavy atom. The summed E-state index contributed by atoms with van der Waals surface area (Å²) in [6.07, 6.45) is 0. The monoisotopic (exact) mass is 459 g/mol. The van der Waals surface area contributed by atoms with Crippen LogP contribution in [0.4, 0.5) is 5.69 Å². The number of hydrogen-bond donors (Lipinski definition) is 1. The molecule has 4 aromatic carbocycles. The number of benzene rings is 4. The lowest BCUT2D eigenvalue weighted by atomic mass is 9.94. The molecule has 1 N–H and O–H groups in total. The minimum Gasteiger partial charge on any atom is -0.422 e. The van der Waals surface area contributed by atoms with Crippen LogP contribution in [-0.2, 0) is 0 Å². The highest BCUT2D eigenvalue weighted by atomic mass is 16.4. The summed E-state index contributed by atoms with van der Waals surface area (Å²) in [7, 11) is 0. The molecule has 5 heteroatoms. The van der Waals surface area contributed by atoms with Crippen molar-refractivity contribution in [2.75, 3.05) is 11.9 Å². The molecule has 5 nitrogen and oxygen atoms in total. The van der Waals surface area contributed by atoms with E-state index in [1.165, 1.54) is 6.07 Å². The number of anilines is 1. The van der Waals surface area contributed by atoms with E-state index >= 15 is 0 Å². The molecule has 0 aliphatic rings. The number of nitrogens with one attached hydrogen (secondary N) is 1. The number of fused-ring (bicyclic) bond motifs is 3. The molecule has 0 aliphatic carbocycles. The first-order valence-electron chi connectivity index (χ1n) is 11.5. The van der Waals surface area contributed by atoms with Gasteiger partial charge in [0, 0.05) is 46.3 Å². The zero-order valence-corrected chi connectivity index (χ0v) is 19.0. The maximum Gasteiger partial charge on any atom is 0.344 e. The average molecular weight is 460 g/mol. The van der Waals surface area contributed by atoms with Crippen LogP contribution >= 0.6 is 0 Å². The standard InChI is InChI=1S/C30H21NO4/c1-2-31-20-14-13-19-15-26(30(33)34-27(19)16-20)24-12-6-11-23-25(17-28(32)35-29(23)24)22-10-5-8-18-7-3-4-9-21(18)22/h3-17,31H,2H2,1H3. The molecule has 0 amide bonds. The van der Waals surface area contributed by atoms with Gasteiger partial charge in [-0.15, -0.1) is 0 Å². The molecule has 0 bridgehead atoms. The third-order valence-electron chi connectivity index (χ3n) is 6.26. The Bertz CT molecular complexity index is 1860. The first kappa shape index (κ1) is 20.9. The second-order valence-corrected chi connectivity index (χ2v) is 8.42. The van der Waals surface area contributed by atoms with Crippen LogP contribution in [0.2, 0.25) is 0 Å². The zero-order valence-electron chi connectivity index (χ0n) is 19.0. The van der Waals surface area contributed by atoms with E-state index in [9.17, 15) is 9.59 Å². The normalized spacial score (nSPS) is 11.3. The van der Waals surface area contributed by atoms with Crippen molar-refractivity contribution in [2.45, 2.75) is 6.92 Å². The third-order valence-corrected chi connectivity index (χ3v) is 6.26. The molecule has 0 saturated carbocycles. The van der Waals surface area contributed by atoms with E-state index in [2.05, 4.69) is 5.32 Å². The summed E-state index contributed by atoms with van der Waals surface area (Å²) in [6.45, 7) is 2.77. The Morgan fingerprint density at radius 3 is 2.31 bits per heavy atom. The highest BCUT2D eigenvalue weighted by molar-refractivity contribution is 6.07. The van der Waals surface area contributed by atoms with Crippen molar-refractivity contribution in [3.63, 3.8) is 0 Å². The first-order valence-corrected chi connectivity index (χ1v) is 11.5. The van der Waals surface area contributed by atoms with E-state index in [1.54, 1.807) is 12.1 Å². The van der Waals surface area contributed by atoms with Crippen LogP contribution in [0.15, 0.2) is 109 Å². The fourth-order valence-corrected chi connectivity index (χ4v) is 4.69. The van der Waals surface area contributed by atoms with Gasteiger partial charge in [-0.05, 0) is 41.5 Å². The number of para-hydroxylation sites is 1.